The van der Waals surface area contributed by atoms with Crippen LogP contribution in [-0.2, 0) is 6.54 Å². The van der Waals surface area contributed by atoms with Crippen LogP contribution in [0.5, 0.6) is 5.75 Å². The average molecular weight is 479 g/mol. The number of imidazole rings is 1. The van der Waals surface area contributed by atoms with Crippen molar-refractivity contribution in [3.05, 3.63) is 52.5 Å². The van der Waals surface area contributed by atoms with Crippen LogP contribution in [0.4, 0.5) is 13.2 Å². The maximum absolute atomic E-state index is 13.2. The number of nitrogen functional groups attached to an aromatic ring is 1. The summed E-state index contributed by atoms with van der Waals surface area (Å²) < 4.78 is 40.9. The van der Waals surface area contributed by atoms with Crippen LogP contribution in [0.2, 0.25) is 0 Å². The summed E-state index contributed by atoms with van der Waals surface area (Å²) in [4.78, 5) is 7.18. The monoisotopic (exact) mass is 478 g/mol. The predicted molar refractivity (Wildman–Crippen MR) is 109 cm³/mol. The lowest BCUT2D eigenvalue weighted by Gasteiger charge is -2.08. The second kappa shape index (κ2) is 7.17. The number of aromatic hydroxyl groups is 1. The molecule has 154 valence electrons. The molecule has 0 atom stereocenters. The Morgan fingerprint density at radius 1 is 1.20 bits per heavy atom. The number of H-pyrrole nitrogens is 1. The van der Waals surface area contributed by atoms with Gasteiger partial charge in [0.25, 0.3) is 0 Å². The highest BCUT2D eigenvalue weighted by molar-refractivity contribution is 9.10. The van der Waals surface area contributed by atoms with E-state index in [1.807, 2.05) is 0 Å². The lowest BCUT2D eigenvalue weighted by atomic mass is 10.1. The molecule has 2 aromatic heterocycles. The summed E-state index contributed by atoms with van der Waals surface area (Å²) in [7, 11) is 0. The van der Waals surface area contributed by atoms with Crippen LogP contribution in [-0.4, -0.2) is 36.9 Å². The lowest BCUT2D eigenvalue weighted by Crippen LogP contribution is -2.19. The number of aromatic amines is 1. The number of nitrogens with one attached hydrogen (secondary N) is 2. The summed E-state index contributed by atoms with van der Waals surface area (Å²) in [6, 6.07) is 11.4. The molecule has 0 unspecified atom stereocenters. The van der Waals surface area contributed by atoms with Crippen molar-refractivity contribution in [3.63, 3.8) is 0 Å². The first-order chi connectivity index (χ1) is 14.1. The molecule has 0 radical (unpaired) electrons. The summed E-state index contributed by atoms with van der Waals surface area (Å²) in [6.07, 6.45) is -4.56. The van der Waals surface area contributed by atoms with Crippen molar-refractivity contribution < 1.29 is 18.3 Å². The number of nitrogens with two attached hydrogens (primary N) is 1. The molecular formula is C19H14BrF3N6O. The van der Waals surface area contributed by atoms with Gasteiger partial charge in [0.15, 0.2) is 11.6 Å². The minimum atomic E-state index is -4.56. The Morgan fingerprint density at radius 3 is 2.53 bits per heavy atom. The number of rotatable bonds is 4. The SMILES string of the molecule is N=C(N)c1ccc2nc(-c3c(O)c(-c4ccc(Br)cc4)nn3CC(F)(F)F)[nH]c2c1. The molecule has 2 heterocycles. The summed E-state index contributed by atoms with van der Waals surface area (Å²) in [5.41, 5.74) is 7.09. The van der Waals surface area contributed by atoms with Gasteiger partial charge in [0.2, 0.25) is 0 Å². The third kappa shape index (κ3) is 3.75. The molecule has 7 nitrogen and oxygen atoms in total. The molecule has 4 rings (SSSR count). The molecule has 4 aromatic rings. The van der Waals surface area contributed by atoms with Gasteiger partial charge in [-0.05, 0) is 30.3 Å². The van der Waals surface area contributed by atoms with Crippen LogP contribution in [0, 0.1) is 5.41 Å². The Hall–Kier alpha value is -3.34. The van der Waals surface area contributed by atoms with Crippen molar-refractivity contribution in [1.82, 2.24) is 19.7 Å². The Bertz CT molecular complexity index is 1260. The van der Waals surface area contributed by atoms with Crippen molar-refractivity contribution in [1.29, 1.82) is 5.41 Å². The lowest BCUT2D eigenvalue weighted by molar-refractivity contribution is -0.142. The van der Waals surface area contributed by atoms with E-state index in [9.17, 15) is 18.3 Å². The second-order valence-corrected chi connectivity index (χ2v) is 7.47. The summed E-state index contributed by atoms with van der Waals surface area (Å²) in [5.74, 6) is -0.564. The van der Waals surface area contributed by atoms with E-state index >= 15 is 0 Å². The van der Waals surface area contributed by atoms with Gasteiger partial charge >= 0.3 is 6.18 Å². The number of halogens is 4. The molecule has 0 bridgehead atoms. The minimum absolute atomic E-state index is 0.00614. The standard InChI is InChI=1S/C19H14BrF3N6O/c20-11-4-1-9(2-5-11)14-16(30)15(29(28-14)8-19(21,22)23)18-26-12-6-3-10(17(24)25)7-13(12)27-18/h1-7,30H,8H2,(H3,24,25)(H,26,27). The summed E-state index contributed by atoms with van der Waals surface area (Å²) >= 11 is 3.29. The van der Waals surface area contributed by atoms with Crippen molar-refractivity contribution in [3.8, 4) is 28.5 Å². The van der Waals surface area contributed by atoms with Gasteiger partial charge in [-0.3, -0.25) is 5.41 Å². The molecule has 0 fully saturated rings. The first-order valence-electron chi connectivity index (χ1n) is 8.59. The topological polar surface area (TPSA) is 117 Å². The highest BCUT2D eigenvalue weighted by Gasteiger charge is 2.33. The van der Waals surface area contributed by atoms with Crippen LogP contribution in [0.1, 0.15) is 5.56 Å². The van der Waals surface area contributed by atoms with Crippen molar-refractivity contribution >= 4 is 32.8 Å². The number of hydrogen-bond acceptors (Lipinski definition) is 4. The Labute approximate surface area is 176 Å². The van der Waals surface area contributed by atoms with Crippen LogP contribution in [0.25, 0.3) is 33.8 Å². The van der Waals surface area contributed by atoms with Gasteiger partial charge in [0.05, 0.1) is 11.0 Å². The van der Waals surface area contributed by atoms with Gasteiger partial charge in [-0.2, -0.15) is 18.3 Å². The molecule has 5 N–H and O–H groups in total. The largest absolute Gasteiger partial charge is 0.504 e. The van der Waals surface area contributed by atoms with Gasteiger partial charge in [-0.15, -0.1) is 0 Å². The predicted octanol–water partition coefficient (Wildman–Crippen LogP) is 4.41. The molecular weight excluding hydrogens is 465 g/mol. The maximum atomic E-state index is 13.2. The van der Waals surface area contributed by atoms with Gasteiger partial charge in [0, 0.05) is 15.6 Å². The maximum Gasteiger partial charge on any atom is 0.408 e. The number of aromatic nitrogens is 4. The zero-order chi connectivity index (χ0) is 21.6. The molecule has 0 saturated carbocycles. The molecule has 30 heavy (non-hydrogen) atoms. The van der Waals surface area contributed by atoms with Gasteiger partial charge in [-0.1, -0.05) is 28.1 Å². The number of benzene rings is 2. The van der Waals surface area contributed by atoms with Crippen molar-refractivity contribution in [2.75, 3.05) is 0 Å². The first kappa shape index (κ1) is 20.0. The van der Waals surface area contributed by atoms with E-state index in [1.54, 1.807) is 42.5 Å². The van der Waals surface area contributed by atoms with Crippen molar-refractivity contribution in [2.45, 2.75) is 12.7 Å². The number of alkyl halides is 3. The molecule has 0 spiro atoms. The fraction of sp³-hybridized carbons (Fsp3) is 0.105. The first-order valence-corrected chi connectivity index (χ1v) is 9.38. The molecule has 0 aliphatic rings. The molecule has 11 heteroatoms. The fourth-order valence-corrected chi connectivity index (χ4v) is 3.33. The molecule has 0 saturated heterocycles. The van der Waals surface area contributed by atoms with Crippen LogP contribution < -0.4 is 5.73 Å². The van der Waals surface area contributed by atoms with Gasteiger partial charge in [0.1, 0.15) is 23.8 Å². The summed E-state index contributed by atoms with van der Waals surface area (Å²) in [6.45, 7) is -1.40. The Morgan fingerprint density at radius 2 is 1.90 bits per heavy atom. The normalized spacial score (nSPS) is 11.9. The third-order valence-corrected chi connectivity index (χ3v) is 4.92. The molecule has 0 aliphatic carbocycles. The zero-order valence-electron chi connectivity index (χ0n) is 15.1. The Balaban J connectivity index is 1.90. The van der Waals surface area contributed by atoms with E-state index in [-0.39, 0.29) is 23.0 Å². The molecule has 0 aliphatic heterocycles. The van der Waals surface area contributed by atoms with E-state index in [0.717, 1.165) is 4.47 Å². The van der Waals surface area contributed by atoms with E-state index in [2.05, 4.69) is 31.0 Å². The third-order valence-electron chi connectivity index (χ3n) is 4.39. The number of fused-ring (bicyclic) bond motifs is 1. The van der Waals surface area contributed by atoms with Gasteiger partial charge in [-0.25, -0.2) is 9.67 Å². The summed E-state index contributed by atoms with van der Waals surface area (Å²) in [5, 5.41) is 22.3. The molecule has 0 amide bonds. The number of hydrogen-bond donors (Lipinski definition) is 4. The number of nitrogens with zero attached hydrogens (tertiary/aromatic N) is 3. The van der Waals surface area contributed by atoms with E-state index in [0.29, 0.717) is 26.8 Å². The van der Waals surface area contributed by atoms with Gasteiger partial charge < -0.3 is 15.8 Å². The van der Waals surface area contributed by atoms with Crippen molar-refractivity contribution in [2.24, 2.45) is 5.73 Å². The van der Waals surface area contributed by atoms with Crippen LogP contribution >= 0.6 is 15.9 Å². The van der Waals surface area contributed by atoms with E-state index in [4.69, 9.17) is 11.1 Å². The van der Waals surface area contributed by atoms with Crippen LogP contribution in [0.3, 0.4) is 0 Å². The zero-order valence-corrected chi connectivity index (χ0v) is 16.7. The smallest absolute Gasteiger partial charge is 0.408 e. The average Bonchev–Trinajstić information content (AvgIpc) is 3.20. The fourth-order valence-electron chi connectivity index (χ4n) is 3.06. The highest BCUT2D eigenvalue weighted by atomic mass is 79.9. The second-order valence-electron chi connectivity index (χ2n) is 6.56. The molecule has 2 aromatic carbocycles. The number of amidine groups is 1. The highest BCUT2D eigenvalue weighted by Crippen LogP contribution is 2.39. The Kier molecular flexibility index (Phi) is 4.77. The van der Waals surface area contributed by atoms with E-state index in [1.165, 1.54) is 0 Å². The van der Waals surface area contributed by atoms with Crippen LogP contribution in [0.15, 0.2) is 46.9 Å². The quantitative estimate of drug-likeness (QED) is 0.256. The van der Waals surface area contributed by atoms with E-state index < -0.39 is 18.5 Å². The minimum Gasteiger partial charge on any atom is -0.504 e.